The van der Waals surface area contributed by atoms with Crippen LogP contribution >= 0.6 is 11.3 Å². The van der Waals surface area contributed by atoms with Crippen LogP contribution in [-0.2, 0) is 16.0 Å². The third-order valence-corrected chi connectivity index (χ3v) is 3.77. The zero-order valence-corrected chi connectivity index (χ0v) is 13.1. The van der Waals surface area contributed by atoms with Gasteiger partial charge in [-0.05, 0) is 12.5 Å². The van der Waals surface area contributed by atoms with E-state index in [9.17, 15) is 9.59 Å². The van der Waals surface area contributed by atoms with Crippen molar-refractivity contribution < 1.29 is 14.3 Å². The molecule has 2 amide bonds. The first-order valence-electron chi connectivity index (χ1n) is 6.72. The quantitative estimate of drug-likeness (QED) is 0.888. The van der Waals surface area contributed by atoms with Crippen LogP contribution < -0.4 is 10.6 Å². The predicted molar refractivity (Wildman–Crippen MR) is 84.8 cm³/mol. The summed E-state index contributed by atoms with van der Waals surface area (Å²) < 4.78 is 4.48. The summed E-state index contributed by atoms with van der Waals surface area (Å²) in [7, 11) is 1.28. The molecule has 6 nitrogen and oxygen atoms in total. The van der Waals surface area contributed by atoms with E-state index in [-0.39, 0.29) is 18.4 Å². The normalized spacial score (nSPS) is 11.5. The predicted octanol–water partition coefficient (Wildman–Crippen LogP) is 2.74. The fraction of sp³-hybridized carbons (Fsp3) is 0.267. The first-order valence-corrected chi connectivity index (χ1v) is 7.60. The topological polar surface area (TPSA) is 80.3 Å². The first kappa shape index (κ1) is 16.0. The number of anilines is 1. The molecule has 1 aromatic heterocycles. The molecule has 1 atom stereocenters. The van der Waals surface area contributed by atoms with Gasteiger partial charge >= 0.3 is 6.09 Å². The smallest absolute Gasteiger partial charge is 0.413 e. The van der Waals surface area contributed by atoms with E-state index in [1.54, 1.807) is 5.38 Å². The number of methoxy groups -OCH3 is 1. The van der Waals surface area contributed by atoms with Crippen molar-refractivity contribution >= 4 is 28.5 Å². The third-order valence-electron chi connectivity index (χ3n) is 2.96. The number of amides is 2. The van der Waals surface area contributed by atoms with E-state index >= 15 is 0 Å². The lowest BCUT2D eigenvalue weighted by Gasteiger charge is -2.13. The summed E-state index contributed by atoms with van der Waals surface area (Å²) in [6.45, 7) is 1.93. The SMILES string of the molecule is COC(=O)Nc1nc(CC(=O)N[C@@H](C)c2ccccc2)cs1. The minimum absolute atomic E-state index is 0.0694. The largest absolute Gasteiger partial charge is 0.453 e. The molecule has 1 heterocycles. The van der Waals surface area contributed by atoms with Crippen LogP contribution in [0.1, 0.15) is 24.2 Å². The monoisotopic (exact) mass is 319 g/mol. The van der Waals surface area contributed by atoms with Gasteiger partial charge in [-0.15, -0.1) is 11.3 Å². The van der Waals surface area contributed by atoms with Crippen LogP contribution in [0.15, 0.2) is 35.7 Å². The van der Waals surface area contributed by atoms with Crippen LogP contribution in [0.25, 0.3) is 0 Å². The second-order valence-corrected chi connectivity index (χ2v) is 5.50. The Morgan fingerprint density at radius 2 is 2.05 bits per heavy atom. The third kappa shape index (κ3) is 4.56. The Labute approximate surface area is 132 Å². The van der Waals surface area contributed by atoms with E-state index in [0.717, 1.165) is 5.56 Å². The number of nitrogens with zero attached hydrogens (tertiary/aromatic N) is 1. The molecule has 116 valence electrons. The molecule has 0 unspecified atom stereocenters. The molecular formula is C15H17N3O3S. The van der Waals surface area contributed by atoms with E-state index in [1.807, 2.05) is 37.3 Å². The fourth-order valence-electron chi connectivity index (χ4n) is 1.87. The van der Waals surface area contributed by atoms with Gasteiger partial charge in [0.2, 0.25) is 5.91 Å². The number of nitrogens with one attached hydrogen (secondary N) is 2. The van der Waals surface area contributed by atoms with Gasteiger partial charge in [-0.25, -0.2) is 9.78 Å². The zero-order chi connectivity index (χ0) is 15.9. The maximum Gasteiger partial charge on any atom is 0.413 e. The number of rotatable bonds is 5. The molecule has 0 saturated carbocycles. The highest BCUT2D eigenvalue weighted by atomic mass is 32.1. The first-order chi connectivity index (χ1) is 10.6. The summed E-state index contributed by atoms with van der Waals surface area (Å²) in [6, 6.07) is 9.66. The molecule has 0 radical (unpaired) electrons. The van der Waals surface area contributed by atoms with E-state index in [1.165, 1.54) is 18.4 Å². The summed E-state index contributed by atoms with van der Waals surface area (Å²) in [4.78, 5) is 27.3. The minimum atomic E-state index is -0.581. The number of thiazole rings is 1. The highest BCUT2D eigenvalue weighted by Crippen LogP contribution is 2.16. The number of ether oxygens (including phenoxy) is 1. The van der Waals surface area contributed by atoms with Gasteiger partial charge in [0, 0.05) is 5.38 Å². The van der Waals surface area contributed by atoms with Gasteiger partial charge in [0.1, 0.15) is 0 Å². The lowest BCUT2D eigenvalue weighted by Crippen LogP contribution is -2.28. The fourth-order valence-corrected chi connectivity index (χ4v) is 2.56. The molecule has 7 heteroatoms. The number of carbonyl (C=O) groups is 2. The summed E-state index contributed by atoms with van der Waals surface area (Å²) >= 11 is 1.25. The van der Waals surface area contributed by atoms with Crippen molar-refractivity contribution in [3.8, 4) is 0 Å². The number of carbonyl (C=O) groups excluding carboxylic acids is 2. The average Bonchev–Trinajstić information content (AvgIpc) is 2.94. The zero-order valence-electron chi connectivity index (χ0n) is 12.3. The number of hydrogen-bond acceptors (Lipinski definition) is 5. The molecule has 0 saturated heterocycles. The lowest BCUT2D eigenvalue weighted by atomic mass is 10.1. The Hall–Kier alpha value is -2.41. The highest BCUT2D eigenvalue weighted by molar-refractivity contribution is 7.13. The van der Waals surface area contributed by atoms with Gasteiger partial charge in [0.15, 0.2) is 5.13 Å². The molecule has 1 aromatic carbocycles. The molecule has 0 aliphatic heterocycles. The van der Waals surface area contributed by atoms with Gasteiger partial charge in [0.05, 0.1) is 25.3 Å². The van der Waals surface area contributed by atoms with Gasteiger partial charge in [-0.3, -0.25) is 10.1 Å². The molecule has 0 aliphatic rings. The maximum absolute atomic E-state index is 12.0. The van der Waals surface area contributed by atoms with Crippen molar-refractivity contribution in [3.63, 3.8) is 0 Å². The molecular weight excluding hydrogens is 302 g/mol. The van der Waals surface area contributed by atoms with E-state index in [2.05, 4.69) is 20.4 Å². The standard InChI is InChI=1S/C15H17N3O3S/c1-10(11-6-4-3-5-7-11)16-13(19)8-12-9-22-14(17-12)18-15(20)21-2/h3-7,9-10H,8H2,1-2H3,(H,16,19)(H,17,18,20)/t10-/m0/s1. The highest BCUT2D eigenvalue weighted by Gasteiger charge is 2.12. The van der Waals surface area contributed by atoms with Crippen LogP contribution in [0, 0.1) is 0 Å². The molecule has 0 bridgehead atoms. The van der Waals surface area contributed by atoms with Crippen molar-refractivity contribution in [2.75, 3.05) is 12.4 Å². The molecule has 2 N–H and O–H groups in total. The van der Waals surface area contributed by atoms with Crippen LogP contribution in [0.4, 0.5) is 9.93 Å². The van der Waals surface area contributed by atoms with Crippen LogP contribution in [0.3, 0.4) is 0 Å². The van der Waals surface area contributed by atoms with Crippen molar-refractivity contribution in [2.24, 2.45) is 0 Å². The van der Waals surface area contributed by atoms with Crippen LogP contribution in [0.2, 0.25) is 0 Å². The number of benzene rings is 1. The van der Waals surface area contributed by atoms with Crippen LogP contribution in [-0.4, -0.2) is 24.1 Å². The van der Waals surface area contributed by atoms with Crippen molar-refractivity contribution in [2.45, 2.75) is 19.4 Å². The van der Waals surface area contributed by atoms with E-state index in [4.69, 9.17) is 0 Å². The van der Waals surface area contributed by atoms with Gasteiger partial charge in [-0.1, -0.05) is 30.3 Å². The number of hydrogen-bond donors (Lipinski definition) is 2. The Morgan fingerprint density at radius 1 is 1.32 bits per heavy atom. The average molecular weight is 319 g/mol. The summed E-state index contributed by atoms with van der Waals surface area (Å²) in [5, 5.41) is 7.53. The molecule has 0 spiro atoms. The second kappa shape index (κ2) is 7.56. The maximum atomic E-state index is 12.0. The van der Waals surface area contributed by atoms with E-state index < -0.39 is 6.09 Å². The molecule has 2 rings (SSSR count). The van der Waals surface area contributed by atoms with Gasteiger partial charge < -0.3 is 10.1 Å². The van der Waals surface area contributed by atoms with Gasteiger partial charge in [-0.2, -0.15) is 0 Å². The van der Waals surface area contributed by atoms with Crippen molar-refractivity contribution in [1.82, 2.24) is 10.3 Å². The Bertz CT molecular complexity index is 642. The molecule has 0 fully saturated rings. The van der Waals surface area contributed by atoms with E-state index in [0.29, 0.717) is 10.8 Å². The molecule has 0 aliphatic carbocycles. The Kier molecular flexibility index (Phi) is 5.48. The van der Waals surface area contributed by atoms with Crippen molar-refractivity contribution in [3.05, 3.63) is 47.0 Å². The second-order valence-electron chi connectivity index (χ2n) is 4.64. The lowest BCUT2D eigenvalue weighted by molar-refractivity contribution is -0.121. The molecule has 2 aromatic rings. The summed E-state index contributed by atoms with van der Waals surface area (Å²) in [5.74, 6) is -0.119. The summed E-state index contributed by atoms with van der Waals surface area (Å²) in [5.41, 5.74) is 1.65. The van der Waals surface area contributed by atoms with Crippen molar-refractivity contribution in [1.29, 1.82) is 0 Å². The molecule has 22 heavy (non-hydrogen) atoms. The number of aromatic nitrogens is 1. The Morgan fingerprint density at radius 3 is 2.73 bits per heavy atom. The summed E-state index contributed by atoms with van der Waals surface area (Å²) in [6.07, 6.45) is -0.417. The van der Waals surface area contributed by atoms with Crippen LogP contribution in [0.5, 0.6) is 0 Å². The Balaban J connectivity index is 1.88. The van der Waals surface area contributed by atoms with Gasteiger partial charge in [0.25, 0.3) is 0 Å². The minimum Gasteiger partial charge on any atom is -0.453 e.